The Morgan fingerprint density at radius 1 is 1.18 bits per heavy atom. The van der Waals surface area contributed by atoms with E-state index in [1.54, 1.807) is 0 Å². The van der Waals surface area contributed by atoms with Gasteiger partial charge in [0.1, 0.15) is 6.61 Å². The monoisotopic (exact) mass is 232 g/mol. The van der Waals surface area contributed by atoms with Crippen LogP contribution < -0.4 is 10.5 Å². The molecule has 0 radical (unpaired) electrons. The summed E-state index contributed by atoms with van der Waals surface area (Å²) in [6, 6.07) is 4.14. The lowest BCUT2D eigenvalue weighted by Crippen LogP contribution is -2.42. The summed E-state index contributed by atoms with van der Waals surface area (Å²) < 4.78 is 5.78. The molecule has 0 bridgehead atoms. The smallest absolute Gasteiger partial charge is 0.213 e. The summed E-state index contributed by atoms with van der Waals surface area (Å²) >= 11 is 0. The fraction of sp³-hybridized carbons (Fsp3) is 0.643. The molecule has 2 aliphatic carbocycles. The van der Waals surface area contributed by atoms with E-state index in [-0.39, 0.29) is 5.54 Å². The van der Waals surface area contributed by atoms with Gasteiger partial charge in [-0.2, -0.15) is 0 Å². The van der Waals surface area contributed by atoms with Crippen molar-refractivity contribution >= 4 is 0 Å². The molecule has 0 amide bonds. The molecule has 1 saturated carbocycles. The summed E-state index contributed by atoms with van der Waals surface area (Å²) in [5.41, 5.74) is 8.77. The number of fused-ring (bicyclic) bond motifs is 1. The van der Waals surface area contributed by atoms with Crippen molar-refractivity contribution < 1.29 is 4.74 Å². The van der Waals surface area contributed by atoms with Gasteiger partial charge in [0, 0.05) is 11.8 Å². The van der Waals surface area contributed by atoms with Gasteiger partial charge in [-0.3, -0.25) is 0 Å². The van der Waals surface area contributed by atoms with E-state index >= 15 is 0 Å². The van der Waals surface area contributed by atoms with Crippen LogP contribution in [0.2, 0.25) is 0 Å². The maximum absolute atomic E-state index is 6.27. The number of hydrogen-bond acceptors (Lipinski definition) is 3. The van der Waals surface area contributed by atoms with Crippen LogP contribution >= 0.6 is 0 Å². The molecule has 2 aliphatic rings. The minimum Gasteiger partial charge on any atom is -0.476 e. The lowest BCUT2D eigenvalue weighted by Gasteiger charge is -2.23. The van der Waals surface area contributed by atoms with Crippen LogP contribution in [-0.4, -0.2) is 17.1 Å². The Hall–Kier alpha value is -1.09. The van der Waals surface area contributed by atoms with Gasteiger partial charge in [-0.05, 0) is 37.7 Å². The Balaban J connectivity index is 1.65. The number of pyridine rings is 1. The predicted octanol–water partition coefficient (Wildman–Crippen LogP) is 2.22. The van der Waals surface area contributed by atoms with Gasteiger partial charge in [0.15, 0.2) is 0 Å². The van der Waals surface area contributed by atoms with Gasteiger partial charge < -0.3 is 10.5 Å². The highest BCUT2D eigenvalue weighted by atomic mass is 16.5. The largest absolute Gasteiger partial charge is 0.476 e. The molecule has 1 aromatic rings. The molecular weight excluding hydrogens is 212 g/mol. The van der Waals surface area contributed by atoms with E-state index in [0.717, 1.165) is 25.1 Å². The number of aryl methyl sites for hydroxylation is 2. The first-order chi connectivity index (χ1) is 8.25. The first kappa shape index (κ1) is 11.0. The Labute approximate surface area is 102 Å². The molecule has 2 N–H and O–H groups in total. The second-order valence-electron chi connectivity index (χ2n) is 5.47. The summed E-state index contributed by atoms with van der Waals surface area (Å²) in [5, 5.41) is 0. The van der Waals surface area contributed by atoms with Crippen LogP contribution in [0, 0.1) is 0 Å². The summed E-state index contributed by atoms with van der Waals surface area (Å²) in [6.07, 6.45) is 8.13. The fourth-order valence-electron chi connectivity index (χ4n) is 2.92. The van der Waals surface area contributed by atoms with E-state index in [4.69, 9.17) is 10.5 Å². The zero-order valence-electron chi connectivity index (χ0n) is 10.2. The van der Waals surface area contributed by atoms with Gasteiger partial charge in [0.2, 0.25) is 5.88 Å². The molecule has 0 spiro atoms. The third-order valence-electron chi connectivity index (χ3n) is 4.01. The molecule has 3 nitrogen and oxygen atoms in total. The first-order valence-corrected chi connectivity index (χ1v) is 6.66. The highest BCUT2D eigenvalue weighted by Crippen LogP contribution is 2.28. The normalized spacial score (nSPS) is 21.5. The zero-order valence-corrected chi connectivity index (χ0v) is 10.2. The third kappa shape index (κ3) is 2.29. The van der Waals surface area contributed by atoms with Crippen molar-refractivity contribution in [3.8, 4) is 5.88 Å². The molecule has 92 valence electrons. The van der Waals surface area contributed by atoms with Gasteiger partial charge in [0.25, 0.3) is 0 Å². The maximum Gasteiger partial charge on any atom is 0.213 e. The highest BCUT2D eigenvalue weighted by molar-refractivity contribution is 5.29. The molecule has 3 rings (SSSR count). The average molecular weight is 232 g/mol. The second-order valence-corrected chi connectivity index (χ2v) is 5.47. The minimum atomic E-state index is -0.110. The number of nitrogens with zero attached hydrogens (tertiary/aromatic N) is 1. The van der Waals surface area contributed by atoms with Crippen molar-refractivity contribution in [2.24, 2.45) is 5.73 Å². The zero-order chi connectivity index (χ0) is 11.7. The fourth-order valence-corrected chi connectivity index (χ4v) is 2.92. The lowest BCUT2D eigenvalue weighted by atomic mass is 10.0. The summed E-state index contributed by atoms with van der Waals surface area (Å²) in [7, 11) is 0. The van der Waals surface area contributed by atoms with Crippen LogP contribution in [-0.2, 0) is 12.8 Å². The van der Waals surface area contributed by atoms with E-state index in [0.29, 0.717) is 6.61 Å². The predicted molar refractivity (Wildman–Crippen MR) is 67.1 cm³/mol. The molecule has 0 atom stereocenters. The Morgan fingerprint density at radius 3 is 2.82 bits per heavy atom. The van der Waals surface area contributed by atoms with Crippen molar-refractivity contribution in [3.05, 3.63) is 23.4 Å². The molecule has 0 aliphatic heterocycles. The summed E-state index contributed by atoms with van der Waals surface area (Å²) in [5.74, 6) is 0.752. The van der Waals surface area contributed by atoms with Gasteiger partial charge >= 0.3 is 0 Å². The number of rotatable bonds is 3. The van der Waals surface area contributed by atoms with Crippen LogP contribution in [0.4, 0.5) is 0 Å². The second kappa shape index (κ2) is 4.30. The van der Waals surface area contributed by atoms with Gasteiger partial charge in [-0.25, -0.2) is 4.98 Å². The van der Waals surface area contributed by atoms with Gasteiger partial charge in [-0.15, -0.1) is 0 Å². The van der Waals surface area contributed by atoms with E-state index in [1.165, 1.54) is 36.9 Å². The van der Waals surface area contributed by atoms with Crippen molar-refractivity contribution in [3.63, 3.8) is 0 Å². The molecule has 17 heavy (non-hydrogen) atoms. The van der Waals surface area contributed by atoms with E-state index in [2.05, 4.69) is 11.1 Å². The minimum absolute atomic E-state index is 0.110. The van der Waals surface area contributed by atoms with E-state index in [1.807, 2.05) is 6.07 Å². The summed E-state index contributed by atoms with van der Waals surface area (Å²) in [6.45, 7) is 0.610. The van der Waals surface area contributed by atoms with Crippen LogP contribution in [0.15, 0.2) is 12.1 Å². The molecule has 0 aromatic carbocycles. The molecule has 0 unspecified atom stereocenters. The summed E-state index contributed by atoms with van der Waals surface area (Å²) in [4.78, 5) is 4.57. The SMILES string of the molecule is NC1(COc2ccc3c(n2)CCC3)CCCC1. The van der Waals surface area contributed by atoms with Crippen LogP contribution in [0.25, 0.3) is 0 Å². The van der Waals surface area contributed by atoms with Crippen LogP contribution in [0.1, 0.15) is 43.4 Å². The van der Waals surface area contributed by atoms with Gasteiger partial charge in [-0.1, -0.05) is 18.9 Å². The van der Waals surface area contributed by atoms with Crippen molar-refractivity contribution in [1.29, 1.82) is 0 Å². The standard InChI is InChI=1S/C14H20N2O/c15-14(8-1-2-9-14)10-17-13-7-6-11-4-3-5-12(11)16-13/h6-7H,1-5,8-10,15H2. The topological polar surface area (TPSA) is 48.1 Å². The maximum atomic E-state index is 6.27. The number of ether oxygens (including phenoxy) is 1. The van der Waals surface area contributed by atoms with Crippen molar-refractivity contribution in [1.82, 2.24) is 4.98 Å². The lowest BCUT2D eigenvalue weighted by molar-refractivity contribution is 0.213. The molecule has 1 heterocycles. The van der Waals surface area contributed by atoms with E-state index < -0.39 is 0 Å². The van der Waals surface area contributed by atoms with Crippen LogP contribution in [0.3, 0.4) is 0 Å². The van der Waals surface area contributed by atoms with Gasteiger partial charge in [0.05, 0.1) is 5.54 Å². The molecular formula is C14H20N2O. The molecule has 1 fully saturated rings. The van der Waals surface area contributed by atoms with Crippen molar-refractivity contribution in [2.45, 2.75) is 50.5 Å². The van der Waals surface area contributed by atoms with E-state index in [9.17, 15) is 0 Å². The number of aromatic nitrogens is 1. The van der Waals surface area contributed by atoms with Crippen LogP contribution in [0.5, 0.6) is 5.88 Å². The first-order valence-electron chi connectivity index (χ1n) is 6.66. The average Bonchev–Trinajstić information content (AvgIpc) is 2.95. The molecule has 3 heteroatoms. The Morgan fingerprint density at radius 2 is 2.00 bits per heavy atom. The Bertz CT molecular complexity index is 411. The molecule has 1 aromatic heterocycles. The quantitative estimate of drug-likeness (QED) is 0.869. The number of hydrogen-bond donors (Lipinski definition) is 1. The molecule has 0 saturated heterocycles. The number of nitrogens with two attached hydrogens (primary N) is 1. The highest BCUT2D eigenvalue weighted by Gasteiger charge is 2.30. The van der Waals surface area contributed by atoms with Crippen molar-refractivity contribution in [2.75, 3.05) is 6.61 Å². The Kier molecular flexibility index (Phi) is 2.79. The third-order valence-corrected chi connectivity index (χ3v) is 4.01.